The van der Waals surface area contributed by atoms with Gasteiger partial charge in [0.1, 0.15) is 0 Å². The fourth-order valence-corrected chi connectivity index (χ4v) is 1.71. The van der Waals surface area contributed by atoms with E-state index in [1.807, 2.05) is 6.92 Å². The minimum absolute atomic E-state index is 0.0304. The first-order valence-corrected chi connectivity index (χ1v) is 5.83. The molecule has 19 heavy (non-hydrogen) atoms. The van der Waals surface area contributed by atoms with Gasteiger partial charge in [0.15, 0.2) is 0 Å². The Bertz CT molecular complexity index is 526. The molecule has 100 valence electrons. The SMILES string of the molecule is CC1CC1C(=O)NNC(=O)c1ccc([N+](=O)[O-])cc1. The Hall–Kier alpha value is -2.44. The van der Waals surface area contributed by atoms with E-state index in [4.69, 9.17) is 0 Å². The number of hydrazine groups is 1. The van der Waals surface area contributed by atoms with Gasteiger partial charge in [0, 0.05) is 23.6 Å². The number of nitrogens with one attached hydrogen (secondary N) is 2. The lowest BCUT2D eigenvalue weighted by molar-refractivity contribution is -0.384. The number of carbonyl (C=O) groups is 2. The molecule has 0 saturated heterocycles. The van der Waals surface area contributed by atoms with Gasteiger partial charge in [0.05, 0.1) is 4.92 Å². The van der Waals surface area contributed by atoms with E-state index in [2.05, 4.69) is 10.9 Å². The van der Waals surface area contributed by atoms with Gasteiger partial charge in [-0.25, -0.2) is 0 Å². The second-order valence-electron chi connectivity index (χ2n) is 4.57. The average molecular weight is 263 g/mol. The summed E-state index contributed by atoms with van der Waals surface area (Å²) in [5.41, 5.74) is 4.77. The maximum absolute atomic E-state index is 11.7. The number of nitro groups is 1. The van der Waals surface area contributed by atoms with Crippen molar-refractivity contribution in [1.29, 1.82) is 0 Å². The van der Waals surface area contributed by atoms with E-state index in [1.165, 1.54) is 24.3 Å². The first-order chi connectivity index (χ1) is 8.99. The summed E-state index contributed by atoms with van der Waals surface area (Å²) in [5.74, 6) is -0.382. The second-order valence-corrected chi connectivity index (χ2v) is 4.57. The van der Waals surface area contributed by atoms with Crippen LogP contribution in [0, 0.1) is 22.0 Å². The fraction of sp³-hybridized carbons (Fsp3) is 0.333. The number of hydrogen-bond donors (Lipinski definition) is 2. The molecule has 0 spiro atoms. The minimum atomic E-state index is -0.544. The molecule has 0 aromatic heterocycles. The predicted octanol–water partition coefficient (Wildman–Crippen LogP) is 1.01. The van der Waals surface area contributed by atoms with Crippen LogP contribution in [-0.4, -0.2) is 16.7 Å². The Labute approximate surface area is 109 Å². The van der Waals surface area contributed by atoms with Crippen molar-refractivity contribution in [1.82, 2.24) is 10.9 Å². The highest BCUT2D eigenvalue weighted by atomic mass is 16.6. The van der Waals surface area contributed by atoms with Crippen LogP contribution >= 0.6 is 0 Å². The van der Waals surface area contributed by atoms with Crippen LogP contribution in [0.3, 0.4) is 0 Å². The van der Waals surface area contributed by atoms with Crippen molar-refractivity contribution >= 4 is 17.5 Å². The van der Waals surface area contributed by atoms with Crippen molar-refractivity contribution < 1.29 is 14.5 Å². The van der Waals surface area contributed by atoms with Crippen molar-refractivity contribution in [3.8, 4) is 0 Å². The number of nitro benzene ring substituents is 1. The molecular formula is C12H13N3O4. The van der Waals surface area contributed by atoms with Gasteiger partial charge in [-0.15, -0.1) is 0 Å². The molecule has 0 radical (unpaired) electrons. The number of nitrogens with zero attached hydrogens (tertiary/aromatic N) is 1. The van der Waals surface area contributed by atoms with E-state index < -0.39 is 10.8 Å². The molecule has 1 aliphatic rings. The third-order valence-electron chi connectivity index (χ3n) is 3.09. The van der Waals surface area contributed by atoms with Gasteiger partial charge < -0.3 is 0 Å². The molecule has 1 aliphatic carbocycles. The van der Waals surface area contributed by atoms with Crippen molar-refractivity contribution in [3.63, 3.8) is 0 Å². The van der Waals surface area contributed by atoms with Crippen LogP contribution in [0.5, 0.6) is 0 Å². The van der Waals surface area contributed by atoms with Crippen molar-refractivity contribution in [2.24, 2.45) is 11.8 Å². The predicted molar refractivity (Wildman–Crippen MR) is 66.0 cm³/mol. The molecule has 2 rings (SSSR count). The number of non-ortho nitro benzene ring substituents is 1. The van der Waals surface area contributed by atoms with Crippen LogP contribution in [0.15, 0.2) is 24.3 Å². The highest BCUT2D eigenvalue weighted by molar-refractivity contribution is 5.95. The van der Waals surface area contributed by atoms with E-state index in [9.17, 15) is 19.7 Å². The number of amides is 2. The van der Waals surface area contributed by atoms with Crippen LogP contribution < -0.4 is 10.9 Å². The van der Waals surface area contributed by atoms with Gasteiger partial charge in [0.25, 0.3) is 11.6 Å². The van der Waals surface area contributed by atoms with Gasteiger partial charge in [-0.05, 0) is 24.5 Å². The first-order valence-electron chi connectivity index (χ1n) is 5.83. The summed E-state index contributed by atoms with van der Waals surface area (Å²) in [4.78, 5) is 33.1. The highest BCUT2D eigenvalue weighted by Crippen LogP contribution is 2.37. The molecule has 1 aromatic carbocycles. The summed E-state index contributed by atoms with van der Waals surface area (Å²) in [6.45, 7) is 1.96. The minimum Gasteiger partial charge on any atom is -0.273 e. The topological polar surface area (TPSA) is 101 Å². The van der Waals surface area contributed by atoms with Crippen LogP contribution in [0.25, 0.3) is 0 Å². The summed E-state index contributed by atoms with van der Waals surface area (Å²) in [6, 6.07) is 5.14. The third kappa shape index (κ3) is 3.06. The van der Waals surface area contributed by atoms with E-state index >= 15 is 0 Å². The molecule has 1 aromatic rings. The zero-order valence-corrected chi connectivity index (χ0v) is 10.3. The quantitative estimate of drug-likeness (QED) is 0.627. The molecule has 7 heteroatoms. The first kappa shape index (κ1) is 13.0. The largest absolute Gasteiger partial charge is 0.273 e. The Morgan fingerprint density at radius 2 is 1.84 bits per heavy atom. The van der Waals surface area contributed by atoms with Gasteiger partial charge in [-0.3, -0.25) is 30.6 Å². The molecule has 7 nitrogen and oxygen atoms in total. The van der Waals surface area contributed by atoms with Crippen LogP contribution in [0.1, 0.15) is 23.7 Å². The molecule has 2 N–H and O–H groups in total. The van der Waals surface area contributed by atoms with Crippen LogP contribution in [0.2, 0.25) is 0 Å². The monoisotopic (exact) mass is 263 g/mol. The van der Waals surface area contributed by atoms with Crippen molar-refractivity contribution in [3.05, 3.63) is 39.9 Å². The molecule has 2 atom stereocenters. The Balaban J connectivity index is 1.89. The lowest BCUT2D eigenvalue weighted by Crippen LogP contribution is -2.42. The second kappa shape index (κ2) is 5.05. The maximum atomic E-state index is 11.7. The molecular weight excluding hydrogens is 250 g/mol. The van der Waals surface area contributed by atoms with Crippen molar-refractivity contribution in [2.45, 2.75) is 13.3 Å². The molecule has 2 amide bonds. The Kier molecular flexibility index (Phi) is 3.46. The van der Waals surface area contributed by atoms with Crippen LogP contribution in [0.4, 0.5) is 5.69 Å². The molecule has 0 aliphatic heterocycles. The normalized spacial score (nSPS) is 20.5. The van der Waals surface area contributed by atoms with Gasteiger partial charge in [0.2, 0.25) is 5.91 Å². The average Bonchev–Trinajstić information content (AvgIpc) is 3.13. The van der Waals surface area contributed by atoms with Crippen LogP contribution in [-0.2, 0) is 4.79 Å². The summed E-state index contributed by atoms with van der Waals surface area (Å²) >= 11 is 0. The van der Waals surface area contributed by atoms with Gasteiger partial charge in [-0.2, -0.15) is 0 Å². The zero-order chi connectivity index (χ0) is 14.0. The summed E-state index contributed by atoms with van der Waals surface area (Å²) in [6.07, 6.45) is 0.833. The standard InChI is InChI=1S/C12H13N3O4/c1-7-6-10(7)12(17)14-13-11(16)8-2-4-9(5-3-8)15(18)19/h2-5,7,10H,6H2,1H3,(H,13,16)(H,14,17). The molecule has 1 fully saturated rings. The smallest absolute Gasteiger partial charge is 0.269 e. The third-order valence-corrected chi connectivity index (χ3v) is 3.09. The zero-order valence-electron chi connectivity index (χ0n) is 10.3. The maximum Gasteiger partial charge on any atom is 0.269 e. The number of carbonyl (C=O) groups excluding carboxylic acids is 2. The Morgan fingerprint density at radius 1 is 1.26 bits per heavy atom. The van der Waals surface area contributed by atoms with Crippen molar-refractivity contribution in [2.75, 3.05) is 0 Å². The van der Waals surface area contributed by atoms with E-state index in [-0.39, 0.29) is 23.1 Å². The lowest BCUT2D eigenvalue weighted by atomic mass is 10.2. The van der Waals surface area contributed by atoms with E-state index in [0.29, 0.717) is 5.92 Å². The van der Waals surface area contributed by atoms with Gasteiger partial charge in [-0.1, -0.05) is 6.92 Å². The van der Waals surface area contributed by atoms with E-state index in [0.717, 1.165) is 6.42 Å². The number of benzene rings is 1. The van der Waals surface area contributed by atoms with E-state index in [1.54, 1.807) is 0 Å². The number of hydrogen-bond acceptors (Lipinski definition) is 4. The Morgan fingerprint density at radius 3 is 2.32 bits per heavy atom. The highest BCUT2D eigenvalue weighted by Gasteiger charge is 2.39. The molecule has 1 saturated carbocycles. The summed E-state index contributed by atoms with van der Waals surface area (Å²) in [5, 5.41) is 10.5. The summed E-state index contributed by atoms with van der Waals surface area (Å²) in [7, 11) is 0. The number of rotatable bonds is 3. The molecule has 0 heterocycles. The molecule has 2 unspecified atom stereocenters. The lowest BCUT2D eigenvalue weighted by Gasteiger charge is -2.06. The summed E-state index contributed by atoms with van der Waals surface area (Å²) < 4.78 is 0. The fourth-order valence-electron chi connectivity index (χ4n) is 1.71. The molecule has 0 bridgehead atoms. The van der Waals surface area contributed by atoms with Gasteiger partial charge >= 0.3 is 0 Å².